The fraction of sp³-hybridized carbons (Fsp3) is 0.353. The molecule has 1 aliphatic rings. The molecule has 1 amide bonds. The summed E-state index contributed by atoms with van der Waals surface area (Å²) in [5.74, 6) is 0.918. The molecule has 0 saturated carbocycles. The van der Waals surface area contributed by atoms with E-state index in [9.17, 15) is 4.79 Å². The third-order valence-electron chi connectivity index (χ3n) is 7.78. The SMILES string of the molecule is Cc1nn(-c2ccccc2)c(C)c1CN1CCN(C(=O)c2cccc(COc3ccc(C(C)(C)C)cc3)c2)CC1. The van der Waals surface area contributed by atoms with Crippen LogP contribution in [0.4, 0.5) is 0 Å². The molecule has 0 aliphatic carbocycles. The summed E-state index contributed by atoms with van der Waals surface area (Å²) >= 11 is 0. The Kier molecular flexibility index (Phi) is 8.08. The van der Waals surface area contributed by atoms with Crippen LogP contribution in [0.15, 0.2) is 78.9 Å². The van der Waals surface area contributed by atoms with Crippen LogP contribution in [-0.4, -0.2) is 51.7 Å². The molecule has 1 fully saturated rings. The Morgan fingerprint density at radius 2 is 1.57 bits per heavy atom. The highest BCUT2D eigenvalue weighted by Crippen LogP contribution is 2.25. The number of ether oxygens (including phenoxy) is 1. The van der Waals surface area contributed by atoms with Crippen LogP contribution in [0.5, 0.6) is 5.75 Å². The average molecular weight is 537 g/mol. The van der Waals surface area contributed by atoms with Gasteiger partial charge in [0.2, 0.25) is 0 Å². The maximum Gasteiger partial charge on any atom is 0.253 e. The zero-order valence-corrected chi connectivity index (χ0v) is 24.4. The largest absolute Gasteiger partial charge is 0.489 e. The third-order valence-corrected chi connectivity index (χ3v) is 7.78. The van der Waals surface area contributed by atoms with Gasteiger partial charge in [0.15, 0.2) is 0 Å². The highest BCUT2D eigenvalue weighted by molar-refractivity contribution is 5.94. The van der Waals surface area contributed by atoms with Gasteiger partial charge in [-0.2, -0.15) is 5.10 Å². The predicted molar refractivity (Wildman–Crippen MR) is 160 cm³/mol. The number of amides is 1. The van der Waals surface area contributed by atoms with Crippen LogP contribution in [0, 0.1) is 13.8 Å². The Morgan fingerprint density at radius 3 is 2.25 bits per heavy atom. The van der Waals surface area contributed by atoms with E-state index in [2.05, 4.69) is 63.8 Å². The molecule has 1 aromatic heterocycles. The van der Waals surface area contributed by atoms with Crippen LogP contribution in [-0.2, 0) is 18.6 Å². The molecule has 3 aromatic carbocycles. The number of hydrogen-bond acceptors (Lipinski definition) is 4. The summed E-state index contributed by atoms with van der Waals surface area (Å²) in [7, 11) is 0. The molecule has 0 bridgehead atoms. The van der Waals surface area contributed by atoms with Crippen LogP contribution in [0.25, 0.3) is 5.69 Å². The van der Waals surface area contributed by atoms with Crippen molar-refractivity contribution >= 4 is 5.91 Å². The van der Waals surface area contributed by atoms with Crippen LogP contribution < -0.4 is 4.74 Å². The Bertz CT molecular complexity index is 1440. The van der Waals surface area contributed by atoms with E-state index in [1.54, 1.807) is 0 Å². The lowest BCUT2D eigenvalue weighted by Gasteiger charge is -2.35. The normalized spacial score (nSPS) is 14.4. The Labute approximate surface area is 238 Å². The molecule has 0 unspecified atom stereocenters. The van der Waals surface area contributed by atoms with Gasteiger partial charge in [0.05, 0.1) is 11.4 Å². The van der Waals surface area contributed by atoms with E-state index < -0.39 is 0 Å². The van der Waals surface area contributed by atoms with Crippen molar-refractivity contribution in [2.75, 3.05) is 26.2 Å². The van der Waals surface area contributed by atoms with Gasteiger partial charge in [-0.05, 0) is 66.8 Å². The van der Waals surface area contributed by atoms with Crippen molar-refractivity contribution in [2.45, 2.75) is 53.2 Å². The van der Waals surface area contributed by atoms with E-state index in [1.807, 2.05) is 64.2 Å². The average Bonchev–Trinajstić information content (AvgIpc) is 3.25. The molecular weight excluding hydrogens is 496 g/mol. The highest BCUT2D eigenvalue weighted by atomic mass is 16.5. The fourth-order valence-corrected chi connectivity index (χ4v) is 5.25. The number of aromatic nitrogens is 2. The minimum atomic E-state index is 0.0836. The molecule has 4 aromatic rings. The van der Waals surface area contributed by atoms with Gasteiger partial charge >= 0.3 is 0 Å². The first-order valence-electron chi connectivity index (χ1n) is 14.1. The molecule has 0 atom stereocenters. The van der Waals surface area contributed by atoms with Crippen molar-refractivity contribution in [3.05, 3.63) is 113 Å². The summed E-state index contributed by atoms with van der Waals surface area (Å²) in [6, 6.07) is 26.4. The summed E-state index contributed by atoms with van der Waals surface area (Å²) in [6.07, 6.45) is 0. The molecule has 6 heteroatoms. The standard InChI is InChI=1S/C34H40N4O2/c1-25-32(26(2)38(35-25)30-12-7-6-8-13-30)23-36-18-20-37(21-19-36)33(39)28-11-9-10-27(22-28)24-40-31-16-14-29(15-17-31)34(3,4)5/h6-17,22H,18-21,23-24H2,1-5H3. The van der Waals surface area contributed by atoms with Gasteiger partial charge < -0.3 is 9.64 Å². The van der Waals surface area contributed by atoms with Gasteiger partial charge in [0, 0.05) is 49.5 Å². The van der Waals surface area contributed by atoms with Gasteiger partial charge in [-0.15, -0.1) is 0 Å². The number of para-hydroxylation sites is 1. The smallest absolute Gasteiger partial charge is 0.253 e. The second-order valence-electron chi connectivity index (χ2n) is 11.7. The third kappa shape index (κ3) is 6.28. The van der Waals surface area contributed by atoms with E-state index in [1.165, 1.54) is 16.8 Å². The highest BCUT2D eigenvalue weighted by Gasteiger charge is 2.24. The van der Waals surface area contributed by atoms with Crippen molar-refractivity contribution in [1.29, 1.82) is 0 Å². The summed E-state index contributed by atoms with van der Waals surface area (Å²) in [6.45, 7) is 15.2. The predicted octanol–water partition coefficient (Wildman–Crippen LogP) is 6.32. The Balaban J connectivity index is 1.16. The number of benzene rings is 3. The van der Waals surface area contributed by atoms with Gasteiger partial charge in [-0.3, -0.25) is 9.69 Å². The molecule has 1 saturated heterocycles. The van der Waals surface area contributed by atoms with Crippen molar-refractivity contribution in [3.8, 4) is 11.4 Å². The first-order chi connectivity index (χ1) is 19.2. The van der Waals surface area contributed by atoms with Gasteiger partial charge in [-0.25, -0.2) is 4.68 Å². The van der Waals surface area contributed by atoms with E-state index >= 15 is 0 Å². The quantitative estimate of drug-likeness (QED) is 0.277. The van der Waals surface area contributed by atoms with Crippen molar-refractivity contribution in [3.63, 3.8) is 0 Å². The molecule has 0 spiro atoms. The molecule has 0 radical (unpaired) electrons. The van der Waals surface area contributed by atoms with Gasteiger partial charge in [-0.1, -0.05) is 63.2 Å². The Morgan fingerprint density at radius 1 is 0.875 bits per heavy atom. The molecule has 40 heavy (non-hydrogen) atoms. The van der Waals surface area contributed by atoms with Crippen LogP contribution >= 0.6 is 0 Å². The number of carbonyl (C=O) groups is 1. The number of aryl methyl sites for hydroxylation is 1. The second-order valence-corrected chi connectivity index (χ2v) is 11.7. The zero-order chi connectivity index (χ0) is 28.3. The van der Waals surface area contributed by atoms with Crippen LogP contribution in [0.1, 0.15) is 59.2 Å². The van der Waals surface area contributed by atoms with Crippen molar-refractivity contribution < 1.29 is 9.53 Å². The van der Waals surface area contributed by atoms with Crippen LogP contribution in [0.3, 0.4) is 0 Å². The number of piperazine rings is 1. The first kappa shape index (κ1) is 27.7. The molecule has 208 valence electrons. The molecule has 5 rings (SSSR count). The number of nitrogens with zero attached hydrogens (tertiary/aromatic N) is 4. The molecule has 0 N–H and O–H groups in total. The fourth-order valence-electron chi connectivity index (χ4n) is 5.25. The summed E-state index contributed by atoms with van der Waals surface area (Å²) in [5.41, 5.74) is 7.68. The summed E-state index contributed by atoms with van der Waals surface area (Å²) < 4.78 is 8.05. The summed E-state index contributed by atoms with van der Waals surface area (Å²) in [4.78, 5) is 17.7. The number of carbonyl (C=O) groups excluding carboxylic acids is 1. The molecular formula is C34H40N4O2. The summed E-state index contributed by atoms with van der Waals surface area (Å²) in [5, 5.41) is 4.80. The lowest BCUT2D eigenvalue weighted by molar-refractivity contribution is 0.0627. The Hall–Kier alpha value is -3.90. The number of hydrogen-bond donors (Lipinski definition) is 0. The van der Waals surface area contributed by atoms with E-state index in [0.717, 1.165) is 42.3 Å². The number of rotatable bonds is 7. The zero-order valence-electron chi connectivity index (χ0n) is 24.4. The second kappa shape index (κ2) is 11.7. The minimum absolute atomic E-state index is 0.0836. The van der Waals surface area contributed by atoms with Gasteiger partial charge in [0.1, 0.15) is 12.4 Å². The van der Waals surface area contributed by atoms with E-state index in [4.69, 9.17) is 9.84 Å². The van der Waals surface area contributed by atoms with E-state index in [-0.39, 0.29) is 11.3 Å². The molecule has 1 aliphatic heterocycles. The van der Waals surface area contributed by atoms with E-state index in [0.29, 0.717) is 25.3 Å². The molecule has 2 heterocycles. The monoisotopic (exact) mass is 536 g/mol. The minimum Gasteiger partial charge on any atom is -0.489 e. The topological polar surface area (TPSA) is 50.6 Å². The lowest BCUT2D eigenvalue weighted by atomic mass is 9.87. The van der Waals surface area contributed by atoms with Crippen molar-refractivity contribution in [2.24, 2.45) is 0 Å². The van der Waals surface area contributed by atoms with Gasteiger partial charge in [0.25, 0.3) is 5.91 Å². The lowest BCUT2D eigenvalue weighted by Crippen LogP contribution is -2.48. The molecule has 6 nitrogen and oxygen atoms in total. The maximum atomic E-state index is 13.3. The first-order valence-corrected chi connectivity index (χ1v) is 14.1. The maximum absolute atomic E-state index is 13.3. The van der Waals surface area contributed by atoms with Crippen LogP contribution in [0.2, 0.25) is 0 Å². The van der Waals surface area contributed by atoms with Crippen molar-refractivity contribution in [1.82, 2.24) is 19.6 Å².